The van der Waals surface area contributed by atoms with Crippen molar-refractivity contribution in [3.8, 4) is 0 Å². The van der Waals surface area contributed by atoms with Crippen LogP contribution in [0.25, 0.3) is 0 Å². The summed E-state index contributed by atoms with van der Waals surface area (Å²) in [7, 11) is 1.55. The topological polar surface area (TPSA) is 71.4 Å². The van der Waals surface area contributed by atoms with Crippen molar-refractivity contribution in [3.05, 3.63) is 58.8 Å². The maximum absolute atomic E-state index is 13.3. The molecule has 1 N–H and O–H groups in total. The van der Waals surface area contributed by atoms with Crippen LogP contribution in [0.3, 0.4) is 0 Å². The highest BCUT2D eigenvalue weighted by molar-refractivity contribution is 6.02. The van der Waals surface area contributed by atoms with Crippen molar-refractivity contribution >= 4 is 11.7 Å². The van der Waals surface area contributed by atoms with Gasteiger partial charge in [-0.05, 0) is 82.4 Å². The first-order valence-electron chi connectivity index (χ1n) is 11.8. The largest absolute Gasteiger partial charge is 0.508 e. The van der Waals surface area contributed by atoms with Crippen LogP contribution in [0, 0.1) is 17.7 Å². The first-order chi connectivity index (χ1) is 15.9. The molecule has 33 heavy (non-hydrogen) atoms. The minimum absolute atomic E-state index is 0.138. The Morgan fingerprint density at radius 3 is 2.55 bits per heavy atom. The zero-order valence-corrected chi connectivity index (χ0v) is 19.8. The van der Waals surface area contributed by atoms with E-state index in [1.807, 2.05) is 6.08 Å². The number of halogens is 1. The number of hydrogen-bond acceptors (Lipinski definition) is 6. The van der Waals surface area contributed by atoms with Crippen LogP contribution in [-0.4, -0.2) is 48.4 Å². The second kappa shape index (κ2) is 12.0. The van der Waals surface area contributed by atoms with Crippen LogP contribution in [0.15, 0.2) is 52.6 Å². The fourth-order valence-corrected chi connectivity index (χ4v) is 4.75. The molecule has 1 aromatic rings. The summed E-state index contributed by atoms with van der Waals surface area (Å²) in [6.07, 6.45) is 7.52. The molecule has 1 heterocycles. The second-order valence-corrected chi connectivity index (χ2v) is 8.88. The highest BCUT2D eigenvalue weighted by Crippen LogP contribution is 2.33. The summed E-state index contributed by atoms with van der Waals surface area (Å²) >= 11 is 0. The fraction of sp³-hybridized carbons (Fsp3) is 0.538. The summed E-state index contributed by atoms with van der Waals surface area (Å²) in [6.45, 7) is 6.21. The number of carbonyl (C=O) groups excluding carboxylic acids is 1. The third kappa shape index (κ3) is 6.90. The van der Waals surface area contributed by atoms with E-state index in [1.165, 1.54) is 19.1 Å². The minimum Gasteiger partial charge on any atom is -0.508 e. The lowest BCUT2D eigenvalue weighted by molar-refractivity contribution is -0.137. The summed E-state index contributed by atoms with van der Waals surface area (Å²) in [4.78, 5) is 19.0. The van der Waals surface area contributed by atoms with Gasteiger partial charge in [0, 0.05) is 24.3 Å². The van der Waals surface area contributed by atoms with Crippen molar-refractivity contribution in [1.82, 2.24) is 4.90 Å². The number of aliphatic hydroxyl groups excluding tert-OH is 1. The Hall–Kier alpha value is -2.67. The standard InChI is InChI=1S/C26H35FN2O4/c1-18-24(31)12-9-22(26(18)33-19(2)30)6-4-5-15-29-16-13-21(14-17-29)25(28-32-3)20-7-10-23(27)11-8-20/h7-8,10-12,21-22,31H,4-6,9,13-17H2,1-3H3/b28-25+. The predicted molar refractivity (Wildman–Crippen MR) is 126 cm³/mol. The van der Waals surface area contributed by atoms with Crippen LogP contribution in [0.5, 0.6) is 0 Å². The van der Waals surface area contributed by atoms with Gasteiger partial charge in [-0.1, -0.05) is 23.7 Å². The molecule has 7 heteroatoms. The van der Waals surface area contributed by atoms with Crippen LogP contribution in [0.4, 0.5) is 4.39 Å². The van der Waals surface area contributed by atoms with Crippen molar-refractivity contribution in [1.29, 1.82) is 0 Å². The molecule has 0 bridgehead atoms. The van der Waals surface area contributed by atoms with Gasteiger partial charge in [0.1, 0.15) is 24.4 Å². The summed E-state index contributed by atoms with van der Waals surface area (Å²) in [6, 6.07) is 6.45. The molecule has 1 atom stereocenters. The average molecular weight is 459 g/mol. The lowest BCUT2D eigenvalue weighted by atomic mass is 9.87. The highest BCUT2D eigenvalue weighted by Gasteiger charge is 2.26. The van der Waals surface area contributed by atoms with Gasteiger partial charge < -0.3 is 19.6 Å². The molecule has 1 saturated heterocycles. The van der Waals surface area contributed by atoms with E-state index in [0.29, 0.717) is 23.7 Å². The number of ether oxygens (including phenoxy) is 1. The lowest BCUT2D eigenvalue weighted by Gasteiger charge is -2.32. The number of esters is 1. The van der Waals surface area contributed by atoms with E-state index >= 15 is 0 Å². The maximum Gasteiger partial charge on any atom is 0.307 e. The molecule has 1 fully saturated rings. The molecule has 1 unspecified atom stereocenters. The Bertz CT molecular complexity index is 899. The van der Waals surface area contributed by atoms with Crippen molar-refractivity contribution in [2.24, 2.45) is 17.0 Å². The number of aliphatic hydroxyl groups is 1. The lowest BCUT2D eigenvalue weighted by Crippen LogP contribution is -2.37. The molecule has 1 aromatic carbocycles. The Morgan fingerprint density at radius 1 is 1.21 bits per heavy atom. The molecule has 0 spiro atoms. The molecule has 2 aliphatic rings. The fourth-order valence-electron chi connectivity index (χ4n) is 4.75. The van der Waals surface area contributed by atoms with Gasteiger partial charge in [-0.2, -0.15) is 0 Å². The number of likely N-dealkylation sites (tertiary alicyclic amines) is 1. The Kier molecular flexibility index (Phi) is 9.06. The monoisotopic (exact) mass is 458 g/mol. The molecule has 0 aromatic heterocycles. The molecule has 0 amide bonds. The van der Waals surface area contributed by atoms with Gasteiger partial charge in [0.15, 0.2) is 0 Å². The van der Waals surface area contributed by atoms with Crippen LogP contribution >= 0.6 is 0 Å². The van der Waals surface area contributed by atoms with E-state index in [4.69, 9.17) is 9.57 Å². The zero-order valence-electron chi connectivity index (χ0n) is 19.8. The first kappa shape index (κ1) is 25.0. The number of benzene rings is 1. The van der Waals surface area contributed by atoms with Crippen molar-refractivity contribution in [3.63, 3.8) is 0 Å². The van der Waals surface area contributed by atoms with Gasteiger partial charge in [0.25, 0.3) is 0 Å². The van der Waals surface area contributed by atoms with E-state index in [9.17, 15) is 14.3 Å². The third-order valence-electron chi connectivity index (χ3n) is 6.55. The number of piperidine rings is 1. The maximum atomic E-state index is 13.3. The van der Waals surface area contributed by atoms with Gasteiger partial charge in [-0.3, -0.25) is 4.79 Å². The predicted octanol–water partition coefficient (Wildman–Crippen LogP) is 5.36. The quantitative estimate of drug-likeness (QED) is 0.234. The van der Waals surface area contributed by atoms with Crippen LogP contribution < -0.4 is 0 Å². The summed E-state index contributed by atoms with van der Waals surface area (Å²) in [5.41, 5.74) is 2.47. The molecule has 180 valence electrons. The van der Waals surface area contributed by atoms with E-state index in [1.54, 1.807) is 26.2 Å². The van der Waals surface area contributed by atoms with Crippen molar-refractivity contribution in [2.75, 3.05) is 26.7 Å². The summed E-state index contributed by atoms with van der Waals surface area (Å²) < 4.78 is 18.7. The Labute approximate surface area is 195 Å². The van der Waals surface area contributed by atoms with E-state index < -0.39 is 0 Å². The zero-order chi connectivity index (χ0) is 23.8. The van der Waals surface area contributed by atoms with Crippen LogP contribution in [0.2, 0.25) is 0 Å². The smallest absolute Gasteiger partial charge is 0.307 e. The van der Waals surface area contributed by atoms with Crippen molar-refractivity contribution < 1.29 is 23.9 Å². The molecular weight excluding hydrogens is 423 g/mol. The molecular formula is C26H35FN2O4. The molecule has 0 saturated carbocycles. The number of unbranched alkanes of at least 4 members (excludes halogenated alkanes) is 1. The van der Waals surface area contributed by atoms with Gasteiger partial charge >= 0.3 is 5.97 Å². The van der Waals surface area contributed by atoms with E-state index in [0.717, 1.165) is 63.0 Å². The number of rotatable bonds is 9. The van der Waals surface area contributed by atoms with Gasteiger partial charge in [-0.15, -0.1) is 0 Å². The number of oxime groups is 1. The van der Waals surface area contributed by atoms with Crippen LogP contribution in [0.1, 0.15) is 57.9 Å². The number of hydrogen-bond donors (Lipinski definition) is 1. The average Bonchev–Trinajstić information content (AvgIpc) is 2.80. The molecule has 1 aliphatic carbocycles. The number of allylic oxidation sites excluding steroid dienone is 3. The van der Waals surface area contributed by atoms with E-state index in [2.05, 4.69) is 10.1 Å². The molecule has 0 radical (unpaired) electrons. The second-order valence-electron chi connectivity index (χ2n) is 8.88. The summed E-state index contributed by atoms with van der Waals surface area (Å²) in [5, 5.41) is 14.2. The molecule has 3 rings (SSSR count). The van der Waals surface area contributed by atoms with Gasteiger partial charge in [0.2, 0.25) is 0 Å². The Morgan fingerprint density at radius 2 is 1.91 bits per heavy atom. The third-order valence-corrected chi connectivity index (χ3v) is 6.55. The van der Waals surface area contributed by atoms with E-state index in [-0.39, 0.29) is 23.5 Å². The molecule has 6 nitrogen and oxygen atoms in total. The summed E-state index contributed by atoms with van der Waals surface area (Å²) in [5.74, 6) is 0.671. The minimum atomic E-state index is -0.344. The van der Waals surface area contributed by atoms with Crippen LogP contribution in [-0.2, 0) is 14.4 Å². The number of carbonyl (C=O) groups is 1. The highest BCUT2D eigenvalue weighted by atomic mass is 19.1. The van der Waals surface area contributed by atoms with Gasteiger partial charge in [0.05, 0.1) is 5.71 Å². The normalized spacial score (nSPS) is 20.5. The van der Waals surface area contributed by atoms with Gasteiger partial charge in [-0.25, -0.2) is 4.39 Å². The SMILES string of the molecule is CO/N=C(\c1ccc(F)cc1)C1CCN(CCCCC2CC=C(O)C(C)=C2OC(C)=O)CC1. The Balaban J connectivity index is 1.45. The first-order valence-corrected chi connectivity index (χ1v) is 11.8. The molecule has 1 aliphatic heterocycles. The number of nitrogens with zero attached hydrogens (tertiary/aromatic N) is 2. The van der Waals surface area contributed by atoms with Crippen molar-refractivity contribution in [2.45, 2.75) is 52.4 Å².